The zero-order valence-electron chi connectivity index (χ0n) is 89.6. The van der Waals surface area contributed by atoms with Crippen LogP contribution in [0.2, 0.25) is 0 Å². The number of likely N-dealkylation sites (tertiary alicyclic amines) is 4. The van der Waals surface area contributed by atoms with E-state index in [1.165, 1.54) is 125 Å². The van der Waals surface area contributed by atoms with Crippen molar-refractivity contribution in [3.05, 3.63) is 179 Å². The van der Waals surface area contributed by atoms with Gasteiger partial charge in [-0.15, -0.1) is 0 Å². The Balaban J connectivity index is 0.000000274. The highest BCUT2D eigenvalue weighted by atomic mass is 32.2. The van der Waals surface area contributed by atoms with Crippen LogP contribution in [0.3, 0.4) is 0 Å². The summed E-state index contributed by atoms with van der Waals surface area (Å²) in [6.45, 7) is 71.0. The number of piperidine rings is 4. The van der Waals surface area contributed by atoms with E-state index < -0.39 is 10.0 Å². The molecule has 3 amide bonds. The third-order valence-corrected chi connectivity index (χ3v) is 30.6. The van der Waals surface area contributed by atoms with Gasteiger partial charge >= 0.3 is 6.03 Å². The number of nitrogens with zero attached hydrogens (tertiary/aromatic N) is 14. The number of urea groups is 1. The van der Waals surface area contributed by atoms with Crippen molar-refractivity contribution < 1.29 is 32.3 Å². The number of carbonyl (C=O) groups is 4. The van der Waals surface area contributed by atoms with E-state index in [-0.39, 0.29) is 32.8 Å². The number of likely N-dealkylation sites (N-methyl/N-ethyl adjacent to an activating group) is 1. The molecular formula is C115H199N15O7S. The van der Waals surface area contributed by atoms with Gasteiger partial charge in [-0.25, -0.2) is 13.2 Å². The summed E-state index contributed by atoms with van der Waals surface area (Å²) in [5.74, 6) is 1.72. The Morgan fingerprint density at radius 2 is 0.703 bits per heavy atom. The predicted molar refractivity (Wildman–Crippen MR) is 582 cm³/mol. The van der Waals surface area contributed by atoms with E-state index in [1.807, 2.05) is 41.0 Å². The Kier molecular flexibility index (Phi) is 57.0. The number of morpholine rings is 1. The maximum Gasteiger partial charge on any atom is 0.317 e. The fourth-order valence-corrected chi connectivity index (χ4v) is 21.2. The van der Waals surface area contributed by atoms with Crippen molar-refractivity contribution in [2.24, 2.45) is 11.8 Å². The first-order chi connectivity index (χ1) is 64.9. The number of benzene rings is 5. The molecule has 1 aliphatic carbocycles. The maximum atomic E-state index is 11.7. The largest absolute Gasteiger partial charge is 0.378 e. The molecule has 9 saturated heterocycles. The second-order valence-corrected chi connectivity index (χ2v) is 44.3. The fraction of sp³-hybridized carbons (Fsp3) is 0.704. The number of amides is 3. The van der Waals surface area contributed by atoms with Gasteiger partial charge in [0.15, 0.2) is 0 Å². The maximum absolute atomic E-state index is 11.7. The van der Waals surface area contributed by atoms with Gasteiger partial charge in [-0.05, 0) is 277 Å². The topological polar surface area (TPSA) is 169 Å². The van der Waals surface area contributed by atoms with Crippen LogP contribution in [0.5, 0.6) is 0 Å². The predicted octanol–water partition coefficient (Wildman–Crippen LogP) is 20.2. The number of hydrogen-bond acceptors (Lipinski definition) is 18. The summed E-state index contributed by atoms with van der Waals surface area (Å²) in [7, 11) is 1.18. The molecule has 138 heavy (non-hydrogen) atoms. The molecule has 0 aromatic heterocycles. The van der Waals surface area contributed by atoms with Crippen LogP contribution in [-0.2, 0) is 29.1 Å². The minimum atomic E-state index is -3.11. The molecule has 23 heteroatoms. The first-order valence-corrected chi connectivity index (χ1v) is 55.0. The zero-order valence-corrected chi connectivity index (χ0v) is 90.5. The molecule has 5 aromatic carbocycles. The molecule has 10 aliphatic rings. The van der Waals surface area contributed by atoms with Crippen LogP contribution in [0.1, 0.15) is 302 Å². The summed E-state index contributed by atoms with van der Waals surface area (Å²) in [6.07, 6.45) is 16.7. The number of ether oxygens (including phenoxy) is 1. The van der Waals surface area contributed by atoms with Crippen molar-refractivity contribution in [1.82, 2.24) is 73.3 Å². The van der Waals surface area contributed by atoms with E-state index in [9.17, 15) is 27.6 Å². The van der Waals surface area contributed by atoms with Gasteiger partial charge in [0, 0.05) is 215 Å². The number of rotatable bonds is 22. The van der Waals surface area contributed by atoms with Crippen molar-refractivity contribution in [2.45, 2.75) is 334 Å². The monoisotopic (exact) mass is 1930 g/mol. The van der Waals surface area contributed by atoms with E-state index in [0.717, 1.165) is 137 Å². The van der Waals surface area contributed by atoms with Gasteiger partial charge in [-0.2, -0.15) is 4.31 Å². The third-order valence-electron chi connectivity index (χ3n) is 29.4. The standard InChI is InChI=1S/C15H22N2O.C14H22N2O2S.2C14H21N.C13H19NO.C11H21N3O.C11H25N3.C11H21NO.C10H19NO.2CH4/c1-12(2)17-10-9-16(13(3)18)11-15(17)14-7-5-4-6-8-14;1-12(2)16-10-9-15(19(3,17)18)11-14(16)13-7-5-4-6-8-13;2*1-12(2)15-11-7-6-10-14(15)13-8-4-3-5-9-13;1-11(2)14-8-9-15-10-13(14)12-6-4-3-5-7-12;1-9(2)13-5-7-14(8-6-13)11(15)12-10-3-4-10;1-11(2)14-9-7-13(8-10-14)6-5-12(3)4;1-4-11(13)10-5-7-12(8-6-10)9(2)3;1-8(2)11-6-4-10(5-7-11)9(3)12;;/h4-8,12,15H,9-11H2,1-3H3;4-8,12,14H,9-11H2,1-3H3;2*3-5,8-9,12,14H,6-7,10-11H2,1-2H3;3-7,11,13H,8-10H2,1-2H3;9-10H,3-8H2,1-2H3,(H,12,15);11H,5-10H2,1-4H3;9-10H,4-8H2,1-3H3;8,10H,4-7H2,1-3H3;2*1H4/t15-;3*14-;13-;;;;;;/m11111....../s1. The quantitative estimate of drug-likeness (QED) is 0.0694. The van der Waals surface area contributed by atoms with Crippen LogP contribution in [0.25, 0.3) is 0 Å². The molecule has 782 valence electrons. The van der Waals surface area contributed by atoms with Crippen molar-refractivity contribution >= 4 is 33.5 Å². The van der Waals surface area contributed by atoms with Crippen LogP contribution < -0.4 is 5.32 Å². The van der Waals surface area contributed by atoms with Crippen LogP contribution in [0.15, 0.2) is 152 Å². The number of hydrogen-bond donors (Lipinski definition) is 1. The lowest BCUT2D eigenvalue weighted by Crippen LogP contribution is -2.53. The Hall–Kier alpha value is -6.39. The minimum absolute atomic E-state index is 0. The lowest BCUT2D eigenvalue weighted by molar-refractivity contribution is -0.132. The number of piperazine rings is 4. The molecule has 15 rings (SSSR count). The minimum Gasteiger partial charge on any atom is -0.378 e. The van der Waals surface area contributed by atoms with E-state index in [2.05, 4.69) is 325 Å². The van der Waals surface area contributed by atoms with Crippen molar-refractivity contribution in [2.75, 3.05) is 184 Å². The number of carbonyl (C=O) groups excluding carboxylic acids is 4. The Bertz CT molecular complexity index is 4000. The van der Waals surface area contributed by atoms with Crippen LogP contribution in [-0.4, -0.2) is 344 Å². The molecule has 22 nitrogen and oxygen atoms in total. The molecule has 9 aliphatic heterocycles. The molecular weight excluding hydrogens is 1740 g/mol. The molecule has 0 bridgehead atoms. The second kappa shape index (κ2) is 64.4. The zero-order chi connectivity index (χ0) is 99.6. The Labute approximate surface area is 843 Å². The first kappa shape index (κ1) is 122. The number of Topliss-reactive ketones (excluding diaryl/α,β-unsaturated/α-hetero) is 2. The van der Waals surface area contributed by atoms with E-state index in [4.69, 9.17) is 4.74 Å². The van der Waals surface area contributed by atoms with Crippen molar-refractivity contribution in [3.63, 3.8) is 0 Å². The van der Waals surface area contributed by atoms with E-state index >= 15 is 0 Å². The molecule has 5 aromatic rings. The highest BCUT2D eigenvalue weighted by molar-refractivity contribution is 7.88. The molecule has 1 saturated carbocycles. The van der Waals surface area contributed by atoms with Crippen LogP contribution in [0, 0.1) is 11.8 Å². The fourth-order valence-electron chi connectivity index (χ4n) is 20.4. The SMILES string of the molecule is C.C.CC(=O)C1CCN(C(C)C)CC1.CC(=O)N1CCN(C(C)C)[C@@H](c2ccccc2)C1.CC(C)N1CCCC[C@@H]1c1ccccc1.CC(C)N1CCCC[C@@H]1c1ccccc1.CC(C)N1CCN(C(=O)NC2CC2)CC1.CC(C)N1CCN(CCN(C)C)CC1.CC(C)N1CCN(S(C)(=O)=O)C[C@@H]1c1ccccc1.CC(C)N1CCOC[C@@H]1c1ccccc1.CCC(=O)C1CCN(C(C)C)CC1. The van der Waals surface area contributed by atoms with Gasteiger partial charge in [0.25, 0.3) is 0 Å². The third kappa shape index (κ3) is 42.5. The van der Waals surface area contributed by atoms with Crippen LogP contribution in [0.4, 0.5) is 4.79 Å². The molecule has 0 spiro atoms. The number of nitrogens with one attached hydrogen (secondary N) is 1. The highest BCUT2D eigenvalue weighted by Gasteiger charge is 2.37. The summed E-state index contributed by atoms with van der Waals surface area (Å²) in [5.41, 5.74) is 6.84. The molecule has 0 unspecified atom stereocenters. The summed E-state index contributed by atoms with van der Waals surface area (Å²) < 4.78 is 30.7. The smallest absolute Gasteiger partial charge is 0.317 e. The molecule has 5 atom stereocenters. The van der Waals surface area contributed by atoms with Crippen LogP contribution >= 0.6 is 0 Å². The van der Waals surface area contributed by atoms with Gasteiger partial charge in [-0.1, -0.05) is 186 Å². The lowest BCUT2D eigenvalue weighted by Gasteiger charge is -2.43. The van der Waals surface area contributed by atoms with Gasteiger partial charge in [0.05, 0.1) is 31.6 Å². The number of sulfonamides is 1. The average molecular weight is 1940 g/mol. The van der Waals surface area contributed by atoms with E-state index in [1.54, 1.807) is 18.2 Å². The van der Waals surface area contributed by atoms with Gasteiger partial charge in [-0.3, -0.25) is 53.6 Å². The second-order valence-electron chi connectivity index (χ2n) is 42.3. The summed E-state index contributed by atoms with van der Waals surface area (Å²) in [4.78, 5) is 77.0. The lowest BCUT2D eigenvalue weighted by atomic mass is 9.91. The normalized spacial score (nSPS) is 22.0. The first-order valence-electron chi connectivity index (χ1n) is 53.1. The van der Waals surface area contributed by atoms with Crippen molar-refractivity contribution in [1.29, 1.82) is 0 Å². The molecule has 10 fully saturated rings. The molecule has 9 heterocycles. The average Bonchev–Trinajstić information content (AvgIpc) is 1.16. The summed E-state index contributed by atoms with van der Waals surface area (Å²) >= 11 is 0. The van der Waals surface area contributed by atoms with Gasteiger partial charge in [0.2, 0.25) is 15.9 Å². The van der Waals surface area contributed by atoms with Crippen molar-refractivity contribution in [3.8, 4) is 0 Å². The number of ketones is 2. The Morgan fingerprint density at radius 1 is 0.370 bits per heavy atom. The molecule has 1 N–H and O–H groups in total. The summed E-state index contributed by atoms with van der Waals surface area (Å²) in [5, 5.41) is 3.04. The Morgan fingerprint density at radius 3 is 1.05 bits per heavy atom. The highest BCUT2D eigenvalue weighted by Crippen LogP contribution is 2.36. The van der Waals surface area contributed by atoms with E-state index in [0.29, 0.717) is 127 Å². The van der Waals surface area contributed by atoms with Gasteiger partial charge in [0.1, 0.15) is 11.6 Å². The molecule has 0 radical (unpaired) electrons. The van der Waals surface area contributed by atoms with Gasteiger partial charge < -0.3 is 34.6 Å². The summed E-state index contributed by atoms with van der Waals surface area (Å²) in [6, 6.07) is 61.4.